The quantitative estimate of drug-likeness (QED) is 0.646. The number of hydrogen-bond acceptors (Lipinski definition) is 4. The van der Waals surface area contributed by atoms with Crippen molar-refractivity contribution in [1.29, 1.82) is 0 Å². The molecule has 0 spiro atoms. The van der Waals surface area contributed by atoms with Crippen LogP contribution in [-0.2, 0) is 4.74 Å². The Morgan fingerprint density at radius 3 is 2.62 bits per heavy atom. The smallest absolute Gasteiger partial charge is 0.338 e. The Labute approximate surface area is 97.6 Å². The molecule has 0 aliphatic heterocycles. The first-order chi connectivity index (χ1) is 7.61. The molecule has 16 heavy (non-hydrogen) atoms. The molecule has 0 saturated heterocycles. The molecular weight excluding hydrogens is 228 g/mol. The summed E-state index contributed by atoms with van der Waals surface area (Å²) in [5, 5.41) is 9.10. The molecule has 0 aliphatic carbocycles. The van der Waals surface area contributed by atoms with Crippen molar-refractivity contribution >= 4 is 23.7 Å². The van der Waals surface area contributed by atoms with Crippen LogP contribution >= 0.6 is 11.8 Å². The van der Waals surface area contributed by atoms with E-state index in [0.29, 0.717) is 4.90 Å². The van der Waals surface area contributed by atoms with Gasteiger partial charge in [-0.2, -0.15) is 0 Å². The van der Waals surface area contributed by atoms with Crippen molar-refractivity contribution in [1.82, 2.24) is 0 Å². The third-order valence-electron chi connectivity index (χ3n) is 1.95. The molecule has 4 nitrogen and oxygen atoms in total. The van der Waals surface area contributed by atoms with Crippen molar-refractivity contribution in [3.63, 3.8) is 0 Å². The van der Waals surface area contributed by atoms with Crippen LogP contribution < -0.4 is 0 Å². The maximum Gasteiger partial charge on any atom is 0.338 e. The minimum atomic E-state index is -1.11. The molecule has 0 unspecified atom stereocenters. The first-order valence-electron chi connectivity index (χ1n) is 4.69. The van der Waals surface area contributed by atoms with Gasteiger partial charge < -0.3 is 9.84 Å². The van der Waals surface area contributed by atoms with E-state index in [0.717, 1.165) is 5.75 Å². The Morgan fingerprint density at radius 2 is 2.12 bits per heavy atom. The Bertz CT molecular complexity index is 414. The van der Waals surface area contributed by atoms with Crippen molar-refractivity contribution in [3.05, 3.63) is 29.3 Å². The Hall–Kier alpha value is -1.49. The van der Waals surface area contributed by atoms with Crippen LogP contribution in [0.4, 0.5) is 0 Å². The molecule has 0 atom stereocenters. The number of thioether (sulfide) groups is 1. The molecule has 86 valence electrons. The standard InChI is InChI=1S/C11H12O4S/c1-3-16-8-6-4-5-7(11(14)15-2)9(8)10(12)13/h4-6H,3H2,1-2H3,(H,12,13). The van der Waals surface area contributed by atoms with Gasteiger partial charge in [-0.15, -0.1) is 11.8 Å². The lowest BCUT2D eigenvalue weighted by molar-refractivity contribution is 0.0581. The third-order valence-corrected chi connectivity index (χ3v) is 2.89. The van der Waals surface area contributed by atoms with Crippen LogP contribution in [0.15, 0.2) is 23.1 Å². The number of ether oxygens (including phenoxy) is 1. The van der Waals surface area contributed by atoms with Crippen molar-refractivity contribution in [2.45, 2.75) is 11.8 Å². The van der Waals surface area contributed by atoms with Gasteiger partial charge in [0.15, 0.2) is 0 Å². The first kappa shape index (κ1) is 12.6. The fourth-order valence-electron chi connectivity index (χ4n) is 1.31. The number of carboxylic acid groups (broad SMARTS) is 1. The molecule has 1 rings (SSSR count). The second-order valence-corrected chi connectivity index (χ2v) is 4.21. The molecule has 1 aromatic rings. The van der Waals surface area contributed by atoms with Gasteiger partial charge in [-0.05, 0) is 17.9 Å². The average Bonchev–Trinajstić information content (AvgIpc) is 2.27. The van der Waals surface area contributed by atoms with Crippen LogP contribution in [0.2, 0.25) is 0 Å². The average molecular weight is 240 g/mol. The molecule has 0 bridgehead atoms. The van der Waals surface area contributed by atoms with Crippen LogP contribution in [0.3, 0.4) is 0 Å². The summed E-state index contributed by atoms with van der Waals surface area (Å²) in [5.74, 6) is -1.00. The number of carbonyl (C=O) groups is 2. The van der Waals surface area contributed by atoms with Gasteiger partial charge in [0.1, 0.15) is 0 Å². The van der Waals surface area contributed by atoms with Crippen molar-refractivity contribution in [2.24, 2.45) is 0 Å². The van der Waals surface area contributed by atoms with Gasteiger partial charge in [0.2, 0.25) is 0 Å². The summed E-state index contributed by atoms with van der Waals surface area (Å²) in [6, 6.07) is 4.79. The van der Waals surface area contributed by atoms with Gasteiger partial charge >= 0.3 is 11.9 Å². The number of esters is 1. The van der Waals surface area contributed by atoms with E-state index >= 15 is 0 Å². The molecule has 5 heteroatoms. The van der Waals surface area contributed by atoms with Crippen LogP contribution in [-0.4, -0.2) is 29.9 Å². The van der Waals surface area contributed by atoms with E-state index in [1.54, 1.807) is 12.1 Å². The summed E-state index contributed by atoms with van der Waals surface area (Å²) in [4.78, 5) is 23.1. The number of carboxylic acids is 1. The van der Waals surface area contributed by atoms with Gasteiger partial charge in [0, 0.05) is 4.90 Å². The second kappa shape index (κ2) is 5.55. The lowest BCUT2D eigenvalue weighted by Gasteiger charge is -2.08. The highest BCUT2D eigenvalue weighted by Crippen LogP contribution is 2.25. The second-order valence-electron chi connectivity index (χ2n) is 2.91. The molecule has 0 aromatic heterocycles. The largest absolute Gasteiger partial charge is 0.478 e. The SMILES string of the molecule is CCSc1cccc(C(=O)OC)c1C(=O)O. The monoisotopic (exact) mass is 240 g/mol. The van der Waals surface area contributed by atoms with Crippen molar-refractivity contribution in [2.75, 3.05) is 12.9 Å². The molecule has 0 fully saturated rings. The fourth-order valence-corrected chi connectivity index (χ4v) is 2.13. The van der Waals surface area contributed by atoms with E-state index in [1.165, 1.54) is 24.9 Å². The van der Waals surface area contributed by atoms with E-state index in [1.807, 2.05) is 6.92 Å². The Morgan fingerprint density at radius 1 is 1.44 bits per heavy atom. The summed E-state index contributed by atoms with van der Waals surface area (Å²) in [7, 11) is 1.23. The van der Waals surface area contributed by atoms with Gasteiger partial charge in [-0.3, -0.25) is 0 Å². The number of rotatable bonds is 4. The number of hydrogen-bond donors (Lipinski definition) is 1. The molecule has 0 saturated carbocycles. The van der Waals surface area contributed by atoms with E-state index in [2.05, 4.69) is 4.74 Å². The lowest BCUT2D eigenvalue weighted by Crippen LogP contribution is -2.11. The molecule has 1 aromatic carbocycles. The summed E-state index contributed by atoms with van der Waals surface area (Å²) in [6.45, 7) is 1.92. The Kier molecular flexibility index (Phi) is 4.37. The molecule has 0 radical (unpaired) electrons. The minimum Gasteiger partial charge on any atom is -0.478 e. The van der Waals surface area contributed by atoms with E-state index in [4.69, 9.17) is 5.11 Å². The van der Waals surface area contributed by atoms with Gasteiger partial charge in [-0.25, -0.2) is 9.59 Å². The van der Waals surface area contributed by atoms with Gasteiger partial charge in [0.05, 0.1) is 18.2 Å². The minimum absolute atomic E-state index is 0.0150. The van der Waals surface area contributed by atoms with Crippen LogP contribution in [0.25, 0.3) is 0 Å². The highest BCUT2D eigenvalue weighted by atomic mass is 32.2. The maximum absolute atomic E-state index is 11.4. The molecule has 0 heterocycles. The van der Waals surface area contributed by atoms with Crippen molar-refractivity contribution < 1.29 is 19.4 Å². The predicted molar refractivity (Wildman–Crippen MR) is 61.1 cm³/mol. The molecule has 1 N–H and O–H groups in total. The fraction of sp³-hybridized carbons (Fsp3) is 0.273. The Balaban J connectivity index is 3.32. The number of benzene rings is 1. The highest BCUT2D eigenvalue weighted by molar-refractivity contribution is 7.99. The van der Waals surface area contributed by atoms with Gasteiger partial charge in [-0.1, -0.05) is 13.0 Å². The lowest BCUT2D eigenvalue weighted by atomic mass is 10.1. The highest BCUT2D eigenvalue weighted by Gasteiger charge is 2.20. The van der Waals surface area contributed by atoms with E-state index in [9.17, 15) is 9.59 Å². The van der Waals surface area contributed by atoms with E-state index in [-0.39, 0.29) is 11.1 Å². The summed E-state index contributed by atoms with van der Waals surface area (Å²) < 4.78 is 4.55. The van der Waals surface area contributed by atoms with Crippen LogP contribution in [0, 0.1) is 0 Å². The molecular formula is C11H12O4S. The zero-order chi connectivity index (χ0) is 12.1. The summed E-state index contributed by atoms with van der Waals surface area (Å²) >= 11 is 1.38. The van der Waals surface area contributed by atoms with Gasteiger partial charge in [0.25, 0.3) is 0 Å². The summed E-state index contributed by atoms with van der Waals surface area (Å²) in [5.41, 5.74) is 0.106. The molecule has 0 amide bonds. The topological polar surface area (TPSA) is 63.6 Å². The zero-order valence-corrected chi connectivity index (χ0v) is 9.84. The number of aromatic carboxylic acids is 1. The van der Waals surface area contributed by atoms with Crippen LogP contribution in [0.1, 0.15) is 27.6 Å². The van der Waals surface area contributed by atoms with Crippen LogP contribution in [0.5, 0.6) is 0 Å². The zero-order valence-electron chi connectivity index (χ0n) is 9.02. The third kappa shape index (κ3) is 2.55. The van der Waals surface area contributed by atoms with Crippen molar-refractivity contribution in [3.8, 4) is 0 Å². The van der Waals surface area contributed by atoms with E-state index < -0.39 is 11.9 Å². The number of carbonyl (C=O) groups excluding carboxylic acids is 1. The summed E-state index contributed by atoms with van der Waals surface area (Å²) in [6.07, 6.45) is 0. The first-order valence-corrected chi connectivity index (χ1v) is 5.67. The normalized spacial score (nSPS) is 9.88. The predicted octanol–water partition coefficient (Wildman–Crippen LogP) is 2.28. The number of methoxy groups -OCH3 is 1. The molecule has 0 aliphatic rings. The maximum atomic E-state index is 11.4.